The normalized spacial score (nSPS) is 11.9. The topological polar surface area (TPSA) is 93.2 Å². The maximum atomic E-state index is 13.3. The van der Waals surface area contributed by atoms with Gasteiger partial charge in [-0.15, -0.1) is 0 Å². The molecule has 11 heteroatoms. The summed E-state index contributed by atoms with van der Waals surface area (Å²) in [5, 5.41) is 2.75. The number of sulfonamides is 1. The van der Waals surface area contributed by atoms with Crippen molar-refractivity contribution in [3.8, 4) is 5.75 Å². The first-order chi connectivity index (χ1) is 15.7. The van der Waals surface area contributed by atoms with Crippen molar-refractivity contribution in [1.29, 1.82) is 0 Å². The molecule has 4 aromatic rings. The highest BCUT2D eigenvalue weighted by atomic mass is 32.2. The number of alkyl halides is 3. The zero-order chi connectivity index (χ0) is 23.6. The first kappa shape index (κ1) is 22.3. The number of fused-ring (bicyclic) bond motifs is 1. The molecular weight excluding hydrogens is 457 g/mol. The molecule has 0 spiro atoms. The van der Waals surface area contributed by atoms with Crippen LogP contribution in [-0.4, -0.2) is 25.5 Å². The summed E-state index contributed by atoms with van der Waals surface area (Å²) in [6, 6.07) is 17.4. The molecule has 4 rings (SSSR count). The van der Waals surface area contributed by atoms with Gasteiger partial charge in [0.1, 0.15) is 5.75 Å². The molecule has 0 saturated heterocycles. The molecule has 1 heterocycles. The lowest BCUT2D eigenvalue weighted by Crippen LogP contribution is -2.16. The van der Waals surface area contributed by atoms with Gasteiger partial charge >= 0.3 is 6.18 Å². The van der Waals surface area contributed by atoms with Crippen molar-refractivity contribution in [3.05, 3.63) is 78.4 Å². The van der Waals surface area contributed by atoms with Gasteiger partial charge in [0.05, 0.1) is 28.6 Å². The Balaban J connectivity index is 1.81. The summed E-state index contributed by atoms with van der Waals surface area (Å²) >= 11 is 0. The Morgan fingerprint density at radius 3 is 2.06 bits per heavy atom. The Kier molecular flexibility index (Phi) is 5.81. The lowest BCUT2D eigenvalue weighted by atomic mass is 10.1. The summed E-state index contributed by atoms with van der Waals surface area (Å²) in [5.74, 6) is -0.281. The predicted octanol–water partition coefficient (Wildman–Crippen LogP) is 5.20. The molecule has 7 nitrogen and oxygen atoms in total. The molecule has 0 aliphatic heterocycles. The number of rotatable bonds is 6. The van der Waals surface area contributed by atoms with E-state index >= 15 is 0 Å². The van der Waals surface area contributed by atoms with Crippen LogP contribution in [0.4, 0.5) is 30.5 Å². The van der Waals surface area contributed by atoms with E-state index in [9.17, 15) is 21.6 Å². The van der Waals surface area contributed by atoms with E-state index in [1.807, 2.05) is 0 Å². The first-order valence-electron chi connectivity index (χ1n) is 9.54. The molecular formula is C22H17F3N4O3S. The highest BCUT2D eigenvalue weighted by Gasteiger charge is 2.31. The fraction of sp³-hybridized carbons (Fsp3) is 0.0909. The van der Waals surface area contributed by atoms with E-state index in [-0.39, 0.29) is 28.0 Å². The predicted molar refractivity (Wildman–Crippen MR) is 118 cm³/mol. The van der Waals surface area contributed by atoms with Crippen LogP contribution < -0.4 is 14.8 Å². The minimum Gasteiger partial charge on any atom is -0.497 e. The average molecular weight is 474 g/mol. The Labute approximate surface area is 187 Å². The molecule has 0 radical (unpaired) electrons. The van der Waals surface area contributed by atoms with Gasteiger partial charge in [-0.1, -0.05) is 30.3 Å². The number of aromatic nitrogens is 2. The molecule has 0 bridgehead atoms. The molecule has 0 unspecified atom stereocenters. The van der Waals surface area contributed by atoms with Crippen molar-refractivity contribution in [2.75, 3.05) is 17.1 Å². The lowest BCUT2D eigenvalue weighted by Gasteiger charge is -2.16. The Hall–Kier alpha value is -3.86. The Bertz CT molecular complexity index is 1410. The maximum absolute atomic E-state index is 13.3. The minimum absolute atomic E-state index is 0.00773. The number of halogens is 3. The van der Waals surface area contributed by atoms with E-state index in [1.165, 1.54) is 25.3 Å². The third kappa shape index (κ3) is 4.98. The molecule has 0 fully saturated rings. The van der Waals surface area contributed by atoms with Crippen LogP contribution in [0.3, 0.4) is 0 Å². The van der Waals surface area contributed by atoms with Gasteiger partial charge in [0.15, 0.2) is 11.6 Å². The van der Waals surface area contributed by atoms with Crippen molar-refractivity contribution in [2.45, 2.75) is 11.1 Å². The van der Waals surface area contributed by atoms with Gasteiger partial charge in [0.25, 0.3) is 10.0 Å². The van der Waals surface area contributed by atoms with Crippen LogP contribution in [0.15, 0.2) is 77.7 Å². The van der Waals surface area contributed by atoms with Gasteiger partial charge in [0.2, 0.25) is 0 Å². The van der Waals surface area contributed by atoms with Gasteiger partial charge in [-0.25, -0.2) is 18.4 Å². The fourth-order valence-corrected chi connectivity index (χ4v) is 4.06. The number of hydrogen-bond acceptors (Lipinski definition) is 6. The highest BCUT2D eigenvalue weighted by molar-refractivity contribution is 7.92. The van der Waals surface area contributed by atoms with Crippen LogP contribution in [0.25, 0.3) is 11.0 Å². The number of ether oxygens (including phenoxy) is 1. The summed E-state index contributed by atoms with van der Waals surface area (Å²) < 4.78 is 73.0. The van der Waals surface area contributed by atoms with Gasteiger partial charge < -0.3 is 10.1 Å². The minimum atomic E-state index is -4.61. The molecule has 0 aliphatic rings. The first-order valence-corrected chi connectivity index (χ1v) is 11.0. The van der Waals surface area contributed by atoms with Crippen LogP contribution in [0.5, 0.6) is 5.75 Å². The van der Waals surface area contributed by atoms with Crippen molar-refractivity contribution in [2.24, 2.45) is 0 Å². The molecule has 0 aliphatic carbocycles. The van der Waals surface area contributed by atoms with E-state index in [0.717, 1.165) is 12.1 Å². The second kappa shape index (κ2) is 8.58. The lowest BCUT2D eigenvalue weighted by molar-refractivity contribution is -0.137. The summed E-state index contributed by atoms with van der Waals surface area (Å²) in [6.07, 6.45) is -4.61. The fourth-order valence-electron chi connectivity index (χ4n) is 3.03. The van der Waals surface area contributed by atoms with Crippen LogP contribution in [0.2, 0.25) is 0 Å². The zero-order valence-corrected chi connectivity index (χ0v) is 17.9. The summed E-state index contributed by atoms with van der Waals surface area (Å²) in [7, 11) is -2.79. The average Bonchev–Trinajstić information content (AvgIpc) is 2.79. The Morgan fingerprint density at radius 2 is 1.45 bits per heavy atom. The molecule has 0 amide bonds. The molecule has 33 heavy (non-hydrogen) atoms. The number of methoxy groups -OCH3 is 1. The second-order valence-corrected chi connectivity index (χ2v) is 8.58. The maximum Gasteiger partial charge on any atom is 0.416 e. The monoisotopic (exact) mass is 474 g/mol. The van der Waals surface area contributed by atoms with E-state index in [4.69, 9.17) is 4.74 Å². The van der Waals surface area contributed by atoms with Crippen LogP contribution in [-0.2, 0) is 16.2 Å². The van der Waals surface area contributed by atoms with E-state index < -0.39 is 21.8 Å². The van der Waals surface area contributed by atoms with Crippen molar-refractivity contribution >= 4 is 38.4 Å². The van der Waals surface area contributed by atoms with Gasteiger partial charge in [-0.2, -0.15) is 13.2 Å². The number of benzene rings is 3. The van der Waals surface area contributed by atoms with Crippen LogP contribution in [0.1, 0.15) is 5.56 Å². The second-order valence-electron chi connectivity index (χ2n) is 6.90. The van der Waals surface area contributed by atoms with Crippen LogP contribution >= 0.6 is 0 Å². The van der Waals surface area contributed by atoms with Gasteiger partial charge in [-0.3, -0.25) is 4.72 Å². The van der Waals surface area contributed by atoms with Crippen molar-refractivity contribution in [3.63, 3.8) is 0 Å². The molecule has 1 aromatic heterocycles. The van der Waals surface area contributed by atoms with E-state index in [0.29, 0.717) is 11.0 Å². The largest absolute Gasteiger partial charge is 0.497 e. The standard InChI is InChI=1S/C22H17F3N4O3S/c1-32-16-12-14(22(23,24)25)11-15(13-16)26-20-21(28-19-10-6-5-9-18(19)27-20)29-33(30,31)17-7-3-2-4-8-17/h2-13H,1H3,(H,26,27)(H,28,29). The molecule has 3 aromatic carbocycles. The smallest absolute Gasteiger partial charge is 0.416 e. The van der Waals surface area contributed by atoms with E-state index in [1.54, 1.807) is 42.5 Å². The molecule has 0 atom stereocenters. The van der Waals surface area contributed by atoms with Crippen molar-refractivity contribution < 1.29 is 26.3 Å². The SMILES string of the molecule is COc1cc(Nc2nc3ccccc3nc2NS(=O)(=O)c2ccccc2)cc(C(F)(F)F)c1. The number of hydrogen-bond donors (Lipinski definition) is 2. The molecule has 170 valence electrons. The quantitative estimate of drug-likeness (QED) is 0.399. The molecule has 2 N–H and O–H groups in total. The number of para-hydroxylation sites is 2. The number of nitrogens with one attached hydrogen (secondary N) is 2. The summed E-state index contributed by atoms with van der Waals surface area (Å²) in [6.45, 7) is 0. The zero-order valence-electron chi connectivity index (χ0n) is 17.1. The third-order valence-electron chi connectivity index (χ3n) is 4.59. The Morgan fingerprint density at radius 1 is 0.848 bits per heavy atom. The van der Waals surface area contributed by atoms with Crippen molar-refractivity contribution in [1.82, 2.24) is 9.97 Å². The number of nitrogens with zero attached hydrogens (tertiary/aromatic N) is 2. The van der Waals surface area contributed by atoms with Gasteiger partial charge in [-0.05, 0) is 36.4 Å². The summed E-state index contributed by atoms with van der Waals surface area (Å²) in [4.78, 5) is 8.69. The highest BCUT2D eigenvalue weighted by Crippen LogP contribution is 2.36. The number of anilines is 3. The van der Waals surface area contributed by atoms with Crippen LogP contribution in [0, 0.1) is 0 Å². The summed E-state index contributed by atoms with van der Waals surface area (Å²) in [5.41, 5.74) is -0.132. The van der Waals surface area contributed by atoms with Gasteiger partial charge in [0, 0.05) is 11.8 Å². The third-order valence-corrected chi connectivity index (χ3v) is 5.94. The van der Waals surface area contributed by atoms with E-state index in [2.05, 4.69) is 20.0 Å². The molecule has 0 saturated carbocycles.